The van der Waals surface area contributed by atoms with Crippen molar-refractivity contribution in [3.8, 4) is 0 Å². The van der Waals surface area contributed by atoms with E-state index in [2.05, 4.69) is 44.8 Å². The molecule has 0 atom stereocenters. The fourth-order valence-corrected chi connectivity index (χ4v) is 0.911. The second kappa shape index (κ2) is 2.65. The van der Waals surface area contributed by atoms with Crippen molar-refractivity contribution in [1.29, 1.82) is 0 Å². The normalized spacial score (nSPS) is 11.6. The van der Waals surface area contributed by atoms with E-state index < -0.39 is 0 Å². The van der Waals surface area contributed by atoms with Crippen molar-refractivity contribution in [2.24, 2.45) is 0 Å². The van der Waals surface area contributed by atoms with Crippen LogP contribution in [0.5, 0.6) is 0 Å². The summed E-state index contributed by atoms with van der Waals surface area (Å²) in [7, 11) is 0. The summed E-state index contributed by atoms with van der Waals surface area (Å²) in [5, 5.41) is 0. The fraction of sp³-hybridized carbons (Fsp3) is 0.500. The third-order valence-electron chi connectivity index (χ3n) is 1.68. The molecule has 0 saturated heterocycles. The van der Waals surface area contributed by atoms with Crippen LogP contribution in [-0.4, -0.2) is 4.98 Å². The highest BCUT2D eigenvalue weighted by Crippen LogP contribution is 2.19. The minimum Gasteiger partial charge on any atom is -0.260 e. The van der Waals surface area contributed by atoms with Crippen molar-refractivity contribution in [2.45, 2.75) is 33.1 Å². The molecule has 1 aromatic heterocycles. The predicted molar refractivity (Wildman–Crippen MR) is 47.7 cm³/mol. The molecule has 0 fully saturated rings. The van der Waals surface area contributed by atoms with Crippen LogP contribution in [0, 0.1) is 6.92 Å². The maximum Gasteiger partial charge on any atom is 0.0457 e. The summed E-state index contributed by atoms with van der Waals surface area (Å²) in [4.78, 5) is 4.35. The van der Waals surface area contributed by atoms with Gasteiger partial charge in [0.05, 0.1) is 0 Å². The molecule has 0 bridgehead atoms. The molecule has 60 valence electrons. The molecule has 0 amide bonds. The molecule has 0 N–H and O–H groups in total. The van der Waals surface area contributed by atoms with Crippen LogP contribution in [0.1, 0.15) is 32.0 Å². The number of hydrogen-bond donors (Lipinski definition) is 0. The first-order chi connectivity index (χ1) is 5.00. The number of nitrogens with zero attached hydrogens (tertiary/aromatic N) is 1. The van der Waals surface area contributed by atoms with E-state index in [1.54, 1.807) is 0 Å². The van der Waals surface area contributed by atoms with Gasteiger partial charge in [-0.15, -0.1) is 0 Å². The Bertz CT molecular complexity index is 228. The first kappa shape index (κ1) is 8.25. The van der Waals surface area contributed by atoms with Crippen LogP contribution in [0.2, 0.25) is 0 Å². The molecule has 0 radical (unpaired) electrons. The highest BCUT2D eigenvalue weighted by atomic mass is 14.7. The Kier molecular flexibility index (Phi) is 1.99. The van der Waals surface area contributed by atoms with E-state index in [4.69, 9.17) is 0 Å². The van der Waals surface area contributed by atoms with Gasteiger partial charge >= 0.3 is 0 Å². The number of hydrogen-bond acceptors (Lipinski definition) is 1. The predicted octanol–water partition coefficient (Wildman–Crippen LogP) is 2.69. The van der Waals surface area contributed by atoms with Crippen molar-refractivity contribution in [2.75, 3.05) is 0 Å². The first-order valence-corrected chi connectivity index (χ1v) is 3.93. The molecule has 1 rings (SSSR count). The van der Waals surface area contributed by atoms with E-state index in [0.29, 0.717) is 0 Å². The molecule has 1 aromatic rings. The molecular formula is C10H15N. The largest absolute Gasteiger partial charge is 0.260 e. The molecule has 1 heterocycles. The molecule has 0 aliphatic carbocycles. The van der Waals surface area contributed by atoms with Gasteiger partial charge in [0.1, 0.15) is 0 Å². The molecule has 11 heavy (non-hydrogen) atoms. The average Bonchev–Trinajstić information content (AvgIpc) is 1.86. The Morgan fingerprint density at radius 1 is 1.18 bits per heavy atom. The van der Waals surface area contributed by atoms with E-state index in [9.17, 15) is 0 Å². The molecule has 0 aromatic carbocycles. The van der Waals surface area contributed by atoms with E-state index in [1.807, 2.05) is 6.20 Å². The average molecular weight is 149 g/mol. The van der Waals surface area contributed by atoms with Crippen LogP contribution in [0.4, 0.5) is 0 Å². The van der Waals surface area contributed by atoms with Crippen molar-refractivity contribution < 1.29 is 0 Å². The lowest BCUT2D eigenvalue weighted by atomic mass is 9.91. The van der Waals surface area contributed by atoms with Crippen LogP contribution in [0.15, 0.2) is 18.3 Å². The summed E-state index contributed by atoms with van der Waals surface area (Å²) in [6.45, 7) is 8.57. The van der Waals surface area contributed by atoms with Crippen molar-refractivity contribution in [3.63, 3.8) is 0 Å². The van der Waals surface area contributed by atoms with Gasteiger partial charge in [-0.1, -0.05) is 26.8 Å². The number of rotatable bonds is 0. The molecule has 1 heteroatoms. The van der Waals surface area contributed by atoms with Gasteiger partial charge in [-0.05, 0) is 18.6 Å². The van der Waals surface area contributed by atoms with Crippen molar-refractivity contribution >= 4 is 0 Å². The highest BCUT2D eigenvalue weighted by Gasteiger charge is 2.13. The number of aromatic nitrogens is 1. The number of pyridine rings is 1. The standard InChI is InChI=1S/C10H15N/c1-8-5-6-9(11-7-8)10(2,3)4/h5-7H,1-4H3. The van der Waals surface area contributed by atoms with Gasteiger partial charge in [0, 0.05) is 17.3 Å². The minimum absolute atomic E-state index is 0.174. The lowest BCUT2D eigenvalue weighted by Gasteiger charge is -2.16. The molecule has 1 nitrogen and oxygen atoms in total. The van der Waals surface area contributed by atoms with E-state index in [-0.39, 0.29) is 5.41 Å². The summed E-state index contributed by atoms with van der Waals surface area (Å²) in [6.07, 6.45) is 1.92. The minimum atomic E-state index is 0.174. The molecule has 0 unspecified atom stereocenters. The molecule has 0 spiro atoms. The van der Waals surface area contributed by atoms with Gasteiger partial charge in [0.15, 0.2) is 0 Å². The van der Waals surface area contributed by atoms with Crippen molar-refractivity contribution in [1.82, 2.24) is 4.98 Å². The Balaban J connectivity index is 2.99. The van der Waals surface area contributed by atoms with Gasteiger partial charge in [0.2, 0.25) is 0 Å². The van der Waals surface area contributed by atoms with Gasteiger partial charge in [-0.2, -0.15) is 0 Å². The zero-order valence-corrected chi connectivity index (χ0v) is 7.68. The smallest absolute Gasteiger partial charge is 0.0457 e. The SMILES string of the molecule is Cc1ccc(C(C)(C)C)nc1. The lowest BCUT2D eigenvalue weighted by Crippen LogP contribution is -2.12. The van der Waals surface area contributed by atoms with Gasteiger partial charge < -0.3 is 0 Å². The maximum atomic E-state index is 4.35. The zero-order chi connectivity index (χ0) is 8.48. The summed E-state index contributed by atoms with van der Waals surface area (Å²) in [5.41, 5.74) is 2.55. The van der Waals surface area contributed by atoms with E-state index >= 15 is 0 Å². The molecule has 0 aliphatic rings. The highest BCUT2D eigenvalue weighted by molar-refractivity contribution is 5.17. The Hall–Kier alpha value is -0.850. The quantitative estimate of drug-likeness (QED) is 0.552. The summed E-state index contributed by atoms with van der Waals surface area (Å²) < 4.78 is 0. The van der Waals surface area contributed by atoms with Crippen molar-refractivity contribution in [3.05, 3.63) is 29.6 Å². The topological polar surface area (TPSA) is 12.9 Å². The summed E-state index contributed by atoms with van der Waals surface area (Å²) in [5.74, 6) is 0. The Morgan fingerprint density at radius 3 is 2.18 bits per heavy atom. The maximum absolute atomic E-state index is 4.35. The van der Waals surface area contributed by atoms with Gasteiger partial charge in [-0.25, -0.2) is 0 Å². The lowest BCUT2D eigenvalue weighted by molar-refractivity contribution is 0.568. The fourth-order valence-electron chi connectivity index (χ4n) is 0.911. The van der Waals surface area contributed by atoms with Crippen LogP contribution >= 0.6 is 0 Å². The Labute approximate surface area is 68.5 Å². The van der Waals surface area contributed by atoms with Crippen LogP contribution in [0.25, 0.3) is 0 Å². The first-order valence-electron chi connectivity index (χ1n) is 3.93. The van der Waals surface area contributed by atoms with Crippen LogP contribution in [-0.2, 0) is 5.41 Å². The Morgan fingerprint density at radius 2 is 1.82 bits per heavy atom. The second-order valence-corrected chi connectivity index (χ2v) is 3.97. The van der Waals surface area contributed by atoms with Gasteiger partial charge in [-0.3, -0.25) is 4.98 Å². The van der Waals surface area contributed by atoms with Crippen LogP contribution in [0.3, 0.4) is 0 Å². The third kappa shape index (κ3) is 2.04. The number of aryl methyl sites for hydroxylation is 1. The molecular weight excluding hydrogens is 134 g/mol. The van der Waals surface area contributed by atoms with E-state index in [1.165, 1.54) is 5.56 Å². The molecule has 0 aliphatic heterocycles. The zero-order valence-electron chi connectivity index (χ0n) is 7.68. The third-order valence-corrected chi connectivity index (χ3v) is 1.68. The van der Waals surface area contributed by atoms with E-state index in [0.717, 1.165) is 5.69 Å². The summed E-state index contributed by atoms with van der Waals surface area (Å²) in [6, 6.07) is 4.20. The van der Waals surface area contributed by atoms with Crippen LogP contribution < -0.4 is 0 Å². The molecule has 0 saturated carbocycles. The summed E-state index contributed by atoms with van der Waals surface area (Å²) >= 11 is 0. The van der Waals surface area contributed by atoms with Gasteiger partial charge in [0.25, 0.3) is 0 Å². The monoisotopic (exact) mass is 149 g/mol. The second-order valence-electron chi connectivity index (χ2n) is 3.97.